The fourth-order valence-corrected chi connectivity index (χ4v) is 1.52. The van der Waals surface area contributed by atoms with E-state index < -0.39 is 0 Å². The number of rotatable bonds is 5. The van der Waals surface area contributed by atoms with Gasteiger partial charge in [-0.1, -0.05) is 12.1 Å². The van der Waals surface area contributed by atoms with Gasteiger partial charge in [0.25, 0.3) is 0 Å². The normalized spacial score (nSPS) is 10.0. The molecule has 0 heterocycles. The van der Waals surface area contributed by atoms with Crippen LogP contribution in [0.25, 0.3) is 0 Å². The highest BCUT2D eigenvalue weighted by Gasteiger charge is 2.01. The van der Waals surface area contributed by atoms with E-state index in [4.69, 9.17) is 11.6 Å². The number of alkyl halides is 1. The summed E-state index contributed by atoms with van der Waals surface area (Å²) in [7, 11) is 0. The second kappa shape index (κ2) is 6.46. The molecule has 82 valence electrons. The number of anilines is 1. The molecule has 0 aromatic heterocycles. The molecule has 3 heteroatoms. The molecule has 2 nitrogen and oxygen atoms in total. The summed E-state index contributed by atoms with van der Waals surface area (Å²) in [5.41, 5.74) is 2.01. The van der Waals surface area contributed by atoms with Crippen molar-refractivity contribution in [2.45, 2.75) is 26.2 Å². The summed E-state index contributed by atoms with van der Waals surface area (Å²) in [5.74, 6) is 0.684. The number of nitrogens with one attached hydrogen (secondary N) is 1. The molecule has 0 bridgehead atoms. The molecule has 0 saturated heterocycles. The average Bonchev–Trinajstić information content (AvgIpc) is 2.18. The number of unbranched alkanes of at least 4 members (excludes halogenated alkanes) is 1. The largest absolute Gasteiger partial charge is 0.326 e. The second-order valence-corrected chi connectivity index (χ2v) is 3.94. The molecule has 0 aliphatic carbocycles. The molecule has 0 fully saturated rings. The van der Waals surface area contributed by atoms with E-state index in [9.17, 15) is 4.79 Å². The number of carbonyl (C=O) groups is 1. The van der Waals surface area contributed by atoms with E-state index in [0.29, 0.717) is 12.3 Å². The van der Waals surface area contributed by atoms with Gasteiger partial charge < -0.3 is 5.32 Å². The van der Waals surface area contributed by atoms with Crippen LogP contribution >= 0.6 is 11.6 Å². The minimum Gasteiger partial charge on any atom is -0.326 e. The second-order valence-electron chi connectivity index (χ2n) is 3.56. The van der Waals surface area contributed by atoms with Gasteiger partial charge in [-0.15, -0.1) is 11.6 Å². The molecule has 0 aliphatic rings. The number of benzene rings is 1. The number of carbonyl (C=O) groups excluding carboxylic acids is 1. The third kappa shape index (κ3) is 4.84. The van der Waals surface area contributed by atoms with Crippen LogP contribution in [-0.2, 0) is 4.79 Å². The maximum Gasteiger partial charge on any atom is 0.224 e. The minimum atomic E-state index is 0.0608. The number of hydrogen-bond acceptors (Lipinski definition) is 1. The summed E-state index contributed by atoms with van der Waals surface area (Å²) in [6.07, 6.45) is 2.28. The fourth-order valence-electron chi connectivity index (χ4n) is 1.33. The molecule has 0 atom stereocenters. The molecule has 1 rings (SSSR count). The summed E-state index contributed by atoms with van der Waals surface area (Å²) in [5, 5.41) is 2.86. The SMILES string of the molecule is Cc1cccc(NC(=O)CCCCCl)c1. The highest BCUT2D eigenvalue weighted by Crippen LogP contribution is 2.10. The van der Waals surface area contributed by atoms with Crippen LogP contribution in [0.1, 0.15) is 24.8 Å². The molecular formula is C12H16ClNO. The lowest BCUT2D eigenvalue weighted by Gasteiger charge is -2.05. The molecule has 15 heavy (non-hydrogen) atoms. The first-order valence-electron chi connectivity index (χ1n) is 5.15. The topological polar surface area (TPSA) is 29.1 Å². The van der Waals surface area contributed by atoms with E-state index in [1.54, 1.807) is 0 Å². The van der Waals surface area contributed by atoms with Gasteiger partial charge in [-0.25, -0.2) is 0 Å². The van der Waals surface area contributed by atoms with E-state index >= 15 is 0 Å². The third-order valence-corrected chi connectivity index (χ3v) is 2.36. The highest BCUT2D eigenvalue weighted by atomic mass is 35.5. The maximum atomic E-state index is 11.4. The zero-order valence-electron chi connectivity index (χ0n) is 8.92. The molecule has 1 aromatic carbocycles. The van der Waals surface area contributed by atoms with Crippen molar-refractivity contribution in [1.29, 1.82) is 0 Å². The van der Waals surface area contributed by atoms with Gasteiger partial charge in [-0.3, -0.25) is 4.79 Å². The molecule has 0 unspecified atom stereocenters. The molecule has 0 saturated carbocycles. The van der Waals surface area contributed by atoms with Crippen molar-refractivity contribution in [1.82, 2.24) is 0 Å². The lowest BCUT2D eigenvalue weighted by Crippen LogP contribution is -2.11. The Balaban J connectivity index is 2.37. The molecule has 1 aromatic rings. The van der Waals surface area contributed by atoms with Crippen LogP contribution in [0.2, 0.25) is 0 Å². The van der Waals surface area contributed by atoms with Crippen molar-refractivity contribution in [3.05, 3.63) is 29.8 Å². The molecule has 0 spiro atoms. The third-order valence-electron chi connectivity index (χ3n) is 2.09. The smallest absolute Gasteiger partial charge is 0.224 e. The van der Waals surface area contributed by atoms with Crippen molar-refractivity contribution in [3.63, 3.8) is 0 Å². The van der Waals surface area contributed by atoms with E-state index in [1.165, 1.54) is 0 Å². The van der Waals surface area contributed by atoms with Crippen LogP contribution in [0, 0.1) is 6.92 Å². The Kier molecular flexibility index (Phi) is 5.19. The van der Waals surface area contributed by atoms with E-state index in [2.05, 4.69) is 5.32 Å². The van der Waals surface area contributed by atoms with Crippen molar-refractivity contribution in [2.24, 2.45) is 0 Å². The van der Waals surface area contributed by atoms with Crippen molar-refractivity contribution < 1.29 is 4.79 Å². The van der Waals surface area contributed by atoms with Crippen LogP contribution in [-0.4, -0.2) is 11.8 Å². The average molecular weight is 226 g/mol. The predicted molar refractivity (Wildman–Crippen MR) is 64.4 cm³/mol. The number of amides is 1. The van der Waals surface area contributed by atoms with Crippen molar-refractivity contribution in [2.75, 3.05) is 11.2 Å². The van der Waals surface area contributed by atoms with Gasteiger partial charge in [0.2, 0.25) is 5.91 Å². The zero-order valence-corrected chi connectivity index (χ0v) is 9.68. The lowest BCUT2D eigenvalue weighted by atomic mass is 10.2. The first-order chi connectivity index (χ1) is 7.22. The van der Waals surface area contributed by atoms with Gasteiger partial charge in [-0.2, -0.15) is 0 Å². The predicted octanol–water partition coefficient (Wildman–Crippen LogP) is 3.34. The van der Waals surface area contributed by atoms with E-state index in [-0.39, 0.29) is 5.91 Å². The Bertz CT molecular complexity index is 325. The molecular weight excluding hydrogens is 210 g/mol. The Hall–Kier alpha value is -1.02. The minimum absolute atomic E-state index is 0.0608. The monoisotopic (exact) mass is 225 g/mol. The summed E-state index contributed by atoms with van der Waals surface area (Å²) < 4.78 is 0. The molecule has 0 radical (unpaired) electrons. The standard InChI is InChI=1S/C12H16ClNO/c1-10-5-4-6-11(9-10)14-12(15)7-2-3-8-13/h4-6,9H,2-3,7-8H2,1H3,(H,14,15). The van der Waals surface area contributed by atoms with Crippen LogP contribution in [0.5, 0.6) is 0 Å². The maximum absolute atomic E-state index is 11.4. The van der Waals surface area contributed by atoms with Crippen molar-refractivity contribution in [3.8, 4) is 0 Å². The van der Waals surface area contributed by atoms with Crippen molar-refractivity contribution >= 4 is 23.2 Å². The summed E-state index contributed by atoms with van der Waals surface area (Å²) in [6, 6.07) is 7.79. The van der Waals surface area contributed by atoms with Gasteiger partial charge in [-0.05, 0) is 37.5 Å². The van der Waals surface area contributed by atoms with Gasteiger partial charge in [0.15, 0.2) is 0 Å². The lowest BCUT2D eigenvalue weighted by molar-refractivity contribution is -0.116. The summed E-state index contributed by atoms with van der Waals surface area (Å²) in [4.78, 5) is 11.4. The van der Waals surface area contributed by atoms with Crippen LogP contribution in [0.15, 0.2) is 24.3 Å². The quantitative estimate of drug-likeness (QED) is 0.605. The number of hydrogen-bond donors (Lipinski definition) is 1. The van der Waals surface area contributed by atoms with Gasteiger partial charge in [0.1, 0.15) is 0 Å². The summed E-state index contributed by atoms with van der Waals surface area (Å²) >= 11 is 5.53. The van der Waals surface area contributed by atoms with Gasteiger partial charge in [0, 0.05) is 18.0 Å². The molecule has 1 N–H and O–H groups in total. The molecule has 0 aliphatic heterocycles. The Morgan fingerprint density at radius 2 is 2.20 bits per heavy atom. The number of halogens is 1. The first kappa shape index (κ1) is 12.1. The van der Waals surface area contributed by atoms with Gasteiger partial charge in [0.05, 0.1) is 0 Å². The fraction of sp³-hybridized carbons (Fsp3) is 0.417. The Morgan fingerprint density at radius 3 is 2.87 bits per heavy atom. The van der Waals surface area contributed by atoms with E-state index in [0.717, 1.165) is 24.1 Å². The Morgan fingerprint density at radius 1 is 1.40 bits per heavy atom. The first-order valence-corrected chi connectivity index (χ1v) is 5.68. The zero-order chi connectivity index (χ0) is 11.1. The summed E-state index contributed by atoms with van der Waals surface area (Å²) in [6.45, 7) is 2.00. The van der Waals surface area contributed by atoms with Crippen LogP contribution < -0.4 is 5.32 Å². The Labute approximate surface area is 95.6 Å². The van der Waals surface area contributed by atoms with Crippen LogP contribution in [0.4, 0.5) is 5.69 Å². The van der Waals surface area contributed by atoms with Crippen LogP contribution in [0.3, 0.4) is 0 Å². The highest BCUT2D eigenvalue weighted by molar-refractivity contribution is 6.17. The van der Waals surface area contributed by atoms with Gasteiger partial charge >= 0.3 is 0 Å². The number of aryl methyl sites for hydroxylation is 1. The molecule has 1 amide bonds. The van der Waals surface area contributed by atoms with E-state index in [1.807, 2.05) is 31.2 Å².